The average molecular weight is 372 g/mol. The van der Waals surface area contributed by atoms with Crippen molar-refractivity contribution >= 4 is 22.4 Å². The van der Waals surface area contributed by atoms with Gasteiger partial charge in [0.2, 0.25) is 5.91 Å². The van der Waals surface area contributed by atoms with Gasteiger partial charge in [-0.2, -0.15) is 0 Å². The topological polar surface area (TPSA) is 52.6 Å². The number of aromatic nitrogens is 2. The van der Waals surface area contributed by atoms with Gasteiger partial charge in [0, 0.05) is 57.0 Å². The molecule has 2 bridgehead atoms. The van der Waals surface area contributed by atoms with E-state index in [0.29, 0.717) is 12.5 Å². The van der Waals surface area contributed by atoms with Gasteiger partial charge in [0.15, 0.2) is 5.13 Å². The van der Waals surface area contributed by atoms with E-state index in [-0.39, 0.29) is 12.0 Å². The molecule has 0 saturated carbocycles. The number of amides is 1. The summed E-state index contributed by atoms with van der Waals surface area (Å²) < 4.78 is 0. The molecular formula is C19H25N5OS. The summed E-state index contributed by atoms with van der Waals surface area (Å²) >= 11 is 1.73. The van der Waals surface area contributed by atoms with Crippen LogP contribution in [0.1, 0.15) is 23.4 Å². The molecule has 3 saturated heterocycles. The highest BCUT2D eigenvalue weighted by Crippen LogP contribution is 2.31. The maximum Gasteiger partial charge on any atom is 0.227 e. The van der Waals surface area contributed by atoms with E-state index in [1.165, 1.54) is 4.88 Å². The predicted octanol–water partition coefficient (Wildman–Crippen LogP) is 2.23. The number of fused-ring (bicyclic) bond motifs is 4. The number of hydrogen-bond donors (Lipinski definition) is 0. The van der Waals surface area contributed by atoms with Gasteiger partial charge >= 0.3 is 0 Å². The molecule has 0 radical (unpaired) electrons. The number of thiazole rings is 1. The maximum absolute atomic E-state index is 13.0. The fourth-order valence-electron chi connectivity index (χ4n) is 3.93. The summed E-state index contributed by atoms with van der Waals surface area (Å²) in [5.41, 5.74) is 0.970. The molecule has 1 amide bonds. The lowest BCUT2D eigenvalue weighted by Crippen LogP contribution is -2.47. The molecule has 26 heavy (non-hydrogen) atoms. The highest BCUT2D eigenvalue weighted by molar-refractivity contribution is 7.15. The second-order valence-electron chi connectivity index (χ2n) is 7.41. The molecular weight excluding hydrogens is 346 g/mol. The molecule has 5 rings (SSSR count). The van der Waals surface area contributed by atoms with E-state index in [1.807, 2.05) is 43.4 Å². The normalized spacial score (nSPS) is 23.3. The second-order valence-corrected chi connectivity index (χ2v) is 8.51. The lowest BCUT2D eigenvalue weighted by atomic mass is 9.94. The van der Waals surface area contributed by atoms with Crippen LogP contribution in [0.15, 0.2) is 30.6 Å². The fourth-order valence-corrected chi connectivity index (χ4v) is 4.81. The summed E-state index contributed by atoms with van der Waals surface area (Å²) in [6, 6.07) is 6.19. The van der Waals surface area contributed by atoms with Crippen molar-refractivity contribution in [3.05, 3.63) is 41.2 Å². The third kappa shape index (κ3) is 3.59. The lowest BCUT2D eigenvalue weighted by molar-refractivity contribution is -0.140. The average Bonchev–Trinajstić information content (AvgIpc) is 2.95. The Bertz CT molecular complexity index is 762. The van der Waals surface area contributed by atoms with E-state index in [9.17, 15) is 4.79 Å². The minimum Gasteiger partial charge on any atom is -0.354 e. The van der Waals surface area contributed by atoms with E-state index in [0.717, 1.165) is 43.3 Å². The van der Waals surface area contributed by atoms with E-state index >= 15 is 0 Å². The Morgan fingerprint density at radius 2 is 2.08 bits per heavy atom. The standard InChI is InChI=1S/C19H25N5OS/c1-22(2)19-21-9-17(26-19)13-23-10-14-6-7-16(12-23)24(18(14)25)11-15-5-3-4-8-20-15/h3-5,8-9,14,16H,6-7,10-13H2,1-2H3/t14-,16+/m0/s1. The Hall–Kier alpha value is -1.99. The Labute approximate surface area is 158 Å². The zero-order chi connectivity index (χ0) is 18.1. The number of carbonyl (C=O) groups excluding carboxylic acids is 1. The minimum atomic E-state index is 0.110. The summed E-state index contributed by atoms with van der Waals surface area (Å²) in [6.45, 7) is 3.29. The van der Waals surface area contributed by atoms with Crippen molar-refractivity contribution in [2.24, 2.45) is 5.92 Å². The van der Waals surface area contributed by atoms with Gasteiger partial charge in [0.05, 0.1) is 18.2 Å². The predicted molar refractivity (Wildman–Crippen MR) is 103 cm³/mol. The molecule has 2 aromatic heterocycles. The molecule has 3 aliphatic rings. The molecule has 7 heteroatoms. The number of nitrogens with zero attached hydrogens (tertiary/aromatic N) is 5. The number of hydrogen-bond acceptors (Lipinski definition) is 6. The van der Waals surface area contributed by atoms with E-state index in [2.05, 4.69) is 19.8 Å². The highest BCUT2D eigenvalue weighted by atomic mass is 32.1. The Morgan fingerprint density at radius 3 is 2.81 bits per heavy atom. The molecule has 3 fully saturated rings. The van der Waals surface area contributed by atoms with Crippen LogP contribution >= 0.6 is 11.3 Å². The third-order valence-electron chi connectivity index (χ3n) is 5.23. The molecule has 138 valence electrons. The van der Waals surface area contributed by atoms with Crippen molar-refractivity contribution in [2.45, 2.75) is 32.0 Å². The first-order valence-corrected chi connectivity index (χ1v) is 9.96. The van der Waals surface area contributed by atoms with Gasteiger partial charge in [-0.25, -0.2) is 4.98 Å². The summed E-state index contributed by atoms with van der Waals surface area (Å²) in [4.78, 5) is 29.6. The maximum atomic E-state index is 13.0. The van der Waals surface area contributed by atoms with Crippen molar-refractivity contribution in [1.82, 2.24) is 19.8 Å². The van der Waals surface area contributed by atoms with Crippen molar-refractivity contribution in [3.8, 4) is 0 Å². The van der Waals surface area contributed by atoms with E-state index in [4.69, 9.17) is 0 Å². The summed E-state index contributed by atoms with van der Waals surface area (Å²) in [7, 11) is 4.03. The molecule has 0 N–H and O–H groups in total. The molecule has 0 aromatic carbocycles. The molecule has 3 aliphatic heterocycles. The van der Waals surface area contributed by atoms with Crippen LogP contribution in [0.4, 0.5) is 5.13 Å². The molecule has 5 heterocycles. The van der Waals surface area contributed by atoms with Gasteiger partial charge in [0.25, 0.3) is 0 Å². The van der Waals surface area contributed by atoms with Crippen LogP contribution in [0.25, 0.3) is 0 Å². The number of pyridine rings is 1. The first-order chi connectivity index (χ1) is 12.6. The summed E-state index contributed by atoms with van der Waals surface area (Å²) in [5.74, 6) is 0.409. The van der Waals surface area contributed by atoms with Gasteiger partial charge in [-0.3, -0.25) is 14.7 Å². The smallest absolute Gasteiger partial charge is 0.227 e. The molecule has 0 unspecified atom stereocenters. The van der Waals surface area contributed by atoms with Gasteiger partial charge in [-0.05, 0) is 25.0 Å². The van der Waals surface area contributed by atoms with Crippen LogP contribution in [0, 0.1) is 5.92 Å². The van der Waals surface area contributed by atoms with Crippen LogP contribution in [0.3, 0.4) is 0 Å². The van der Waals surface area contributed by atoms with Crippen LogP contribution in [-0.4, -0.2) is 58.9 Å². The van der Waals surface area contributed by atoms with E-state index < -0.39 is 0 Å². The van der Waals surface area contributed by atoms with Gasteiger partial charge in [-0.15, -0.1) is 11.3 Å². The van der Waals surface area contributed by atoms with Gasteiger partial charge in [-0.1, -0.05) is 6.07 Å². The van der Waals surface area contributed by atoms with Crippen LogP contribution in [0.2, 0.25) is 0 Å². The van der Waals surface area contributed by atoms with Crippen LogP contribution in [0.5, 0.6) is 0 Å². The highest BCUT2D eigenvalue weighted by Gasteiger charge is 2.40. The molecule has 6 nitrogen and oxygen atoms in total. The zero-order valence-electron chi connectivity index (χ0n) is 15.3. The lowest BCUT2D eigenvalue weighted by Gasteiger charge is -2.35. The monoisotopic (exact) mass is 371 g/mol. The molecule has 2 atom stereocenters. The quantitative estimate of drug-likeness (QED) is 0.807. The summed E-state index contributed by atoms with van der Waals surface area (Å²) in [6.07, 6.45) is 5.87. The third-order valence-corrected chi connectivity index (χ3v) is 6.38. The van der Waals surface area contributed by atoms with Crippen molar-refractivity contribution in [3.63, 3.8) is 0 Å². The number of anilines is 1. The largest absolute Gasteiger partial charge is 0.354 e. The van der Waals surface area contributed by atoms with Crippen molar-refractivity contribution < 1.29 is 4.79 Å². The SMILES string of the molecule is CN(C)c1ncc(CN2C[C@@H]3CC[C@H](C2)N(Cc2ccccn2)C3=O)s1. The minimum absolute atomic E-state index is 0.110. The first kappa shape index (κ1) is 17.4. The van der Waals surface area contributed by atoms with Gasteiger partial charge < -0.3 is 9.80 Å². The van der Waals surface area contributed by atoms with Crippen LogP contribution < -0.4 is 4.90 Å². The summed E-state index contributed by atoms with van der Waals surface area (Å²) in [5, 5.41) is 1.03. The first-order valence-electron chi connectivity index (χ1n) is 9.15. The number of piperidine rings is 1. The van der Waals surface area contributed by atoms with E-state index in [1.54, 1.807) is 17.5 Å². The molecule has 2 aromatic rings. The molecule has 0 spiro atoms. The number of rotatable bonds is 5. The molecule has 0 aliphatic carbocycles. The number of carbonyl (C=O) groups is 1. The second kappa shape index (κ2) is 7.32. The zero-order valence-corrected chi connectivity index (χ0v) is 16.2. The van der Waals surface area contributed by atoms with Crippen molar-refractivity contribution in [1.29, 1.82) is 0 Å². The van der Waals surface area contributed by atoms with Crippen molar-refractivity contribution in [2.75, 3.05) is 32.1 Å². The Kier molecular flexibility index (Phi) is 4.91. The van der Waals surface area contributed by atoms with Crippen LogP contribution in [-0.2, 0) is 17.9 Å². The fraction of sp³-hybridized carbons (Fsp3) is 0.526. The Balaban J connectivity index is 1.47. The Morgan fingerprint density at radius 1 is 1.19 bits per heavy atom. The van der Waals surface area contributed by atoms with Gasteiger partial charge in [0.1, 0.15) is 0 Å².